The van der Waals surface area contributed by atoms with E-state index in [2.05, 4.69) is 11.9 Å². The van der Waals surface area contributed by atoms with Crippen LogP contribution in [0.3, 0.4) is 0 Å². The van der Waals surface area contributed by atoms with Gasteiger partial charge in [-0.25, -0.2) is 0 Å². The van der Waals surface area contributed by atoms with Gasteiger partial charge in [0.25, 0.3) is 5.91 Å². The van der Waals surface area contributed by atoms with Crippen LogP contribution in [-0.4, -0.2) is 63.2 Å². The maximum Gasteiger partial charge on any atom is 0.254 e. The molecule has 1 aromatic rings. The molecule has 0 bridgehead atoms. The fourth-order valence-electron chi connectivity index (χ4n) is 2.47. The van der Waals surface area contributed by atoms with Crippen molar-refractivity contribution in [1.82, 2.24) is 9.80 Å². The number of benzene rings is 1. The molecular formula is C15H21ClN2O3. The lowest BCUT2D eigenvalue weighted by Gasteiger charge is -2.21. The average Bonchev–Trinajstić information content (AvgIpc) is 2.70. The molecule has 5 nitrogen and oxygen atoms in total. The van der Waals surface area contributed by atoms with Crippen LogP contribution in [0.1, 0.15) is 16.8 Å². The van der Waals surface area contributed by atoms with E-state index in [0.29, 0.717) is 22.1 Å². The lowest BCUT2D eigenvalue weighted by Crippen LogP contribution is -2.34. The summed E-state index contributed by atoms with van der Waals surface area (Å²) < 4.78 is 10.4. The van der Waals surface area contributed by atoms with Gasteiger partial charge in [0.15, 0.2) is 11.5 Å². The zero-order chi connectivity index (χ0) is 15.4. The van der Waals surface area contributed by atoms with Crippen molar-refractivity contribution in [2.75, 3.05) is 47.4 Å². The first kappa shape index (κ1) is 15.9. The summed E-state index contributed by atoms with van der Waals surface area (Å²) in [5.74, 6) is 0.903. The molecule has 0 N–H and O–H groups in total. The molecule has 21 heavy (non-hydrogen) atoms. The third-order valence-corrected chi connectivity index (χ3v) is 3.97. The second-order valence-corrected chi connectivity index (χ2v) is 5.55. The summed E-state index contributed by atoms with van der Waals surface area (Å²) in [4.78, 5) is 16.7. The molecule has 1 amide bonds. The molecule has 1 heterocycles. The van der Waals surface area contributed by atoms with Crippen LogP contribution in [0.5, 0.6) is 11.5 Å². The van der Waals surface area contributed by atoms with Crippen molar-refractivity contribution in [2.24, 2.45) is 0 Å². The highest BCUT2D eigenvalue weighted by molar-refractivity contribution is 6.32. The molecule has 1 aliphatic rings. The number of ether oxygens (including phenoxy) is 2. The Kier molecular flexibility index (Phi) is 5.31. The number of carbonyl (C=O) groups is 1. The smallest absolute Gasteiger partial charge is 0.254 e. The van der Waals surface area contributed by atoms with Gasteiger partial charge in [0.2, 0.25) is 0 Å². The first-order valence-electron chi connectivity index (χ1n) is 6.96. The summed E-state index contributed by atoms with van der Waals surface area (Å²) in [5, 5.41) is 0.382. The summed E-state index contributed by atoms with van der Waals surface area (Å²) in [7, 11) is 5.13. The lowest BCUT2D eigenvalue weighted by atomic mass is 10.1. The normalized spacial score (nSPS) is 16.5. The second-order valence-electron chi connectivity index (χ2n) is 5.14. The molecule has 1 fully saturated rings. The van der Waals surface area contributed by atoms with Gasteiger partial charge < -0.3 is 19.3 Å². The van der Waals surface area contributed by atoms with Crippen molar-refractivity contribution >= 4 is 17.5 Å². The number of methoxy groups -OCH3 is 2. The molecule has 116 valence electrons. The highest BCUT2D eigenvalue weighted by Crippen LogP contribution is 2.36. The predicted octanol–water partition coefficient (Wildman–Crippen LogP) is 2.13. The van der Waals surface area contributed by atoms with Crippen LogP contribution in [0.15, 0.2) is 12.1 Å². The lowest BCUT2D eigenvalue weighted by molar-refractivity contribution is 0.0762. The fourth-order valence-corrected chi connectivity index (χ4v) is 2.76. The Balaban J connectivity index is 2.24. The first-order chi connectivity index (χ1) is 10.1. The molecule has 0 aromatic heterocycles. The number of rotatable bonds is 3. The van der Waals surface area contributed by atoms with Crippen molar-refractivity contribution in [1.29, 1.82) is 0 Å². The van der Waals surface area contributed by atoms with E-state index >= 15 is 0 Å². The van der Waals surface area contributed by atoms with E-state index in [1.165, 1.54) is 14.2 Å². The summed E-state index contributed by atoms with van der Waals surface area (Å²) in [6, 6.07) is 3.32. The number of likely N-dealkylation sites (N-methyl/N-ethyl adjacent to an activating group) is 1. The molecule has 2 rings (SSSR count). The number of amides is 1. The van der Waals surface area contributed by atoms with Gasteiger partial charge in [0.05, 0.1) is 19.2 Å². The van der Waals surface area contributed by atoms with E-state index in [1.807, 2.05) is 4.90 Å². The molecule has 0 aliphatic carbocycles. The minimum Gasteiger partial charge on any atom is -0.493 e. The third kappa shape index (κ3) is 3.60. The molecule has 0 spiro atoms. The maximum absolute atomic E-state index is 12.6. The van der Waals surface area contributed by atoms with E-state index in [4.69, 9.17) is 21.1 Å². The van der Waals surface area contributed by atoms with Gasteiger partial charge >= 0.3 is 0 Å². The van der Waals surface area contributed by atoms with Gasteiger partial charge in [0, 0.05) is 25.2 Å². The van der Waals surface area contributed by atoms with Crippen molar-refractivity contribution in [3.05, 3.63) is 22.7 Å². The topological polar surface area (TPSA) is 42.0 Å². The molecule has 1 saturated heterocycles. The van der Waals surface area contributed by atoms with Crippen LogP contribution in [0.4, 0.5) is 0 Å². The Morgan fingerprint density at radius 2 is 1.90 bits per heavy atom. The number of hydrogen-bond donors (Lipinski definition) is 0. The maximum atomic E-state index is 12.6. The van der Waals surface area contributed by atoms with Crippen molar-refractivity contribution in [3.63, 3.8) is 0 Å². The molecule has 1 aliphatic heterocycles. The summed E-state index contributed by atoms with van der Waals surface area (Å²) in [6.45, 7) is 3.37. The Hall–Kier alpha value is -1.46. The molecule has 0 saturated carbocycles. The third-order valence-electron chi connectivity index (χ3n) is 3.69. The van der Waals surface area contributed by atoms with Crippen LogP contribution >= 0.6 is 11.6 Å². The average molecular weight is 313 g/mol. The van der Waals surface area contributed by atoms with Gasteiger partial charge in [-0.1, -0.05) is 11.6 Å². The second kappa shape index (κ2) is 7.00. The zero-order valence-electron chi connectivity index (χ0n) is 12.7. The van der Waals surface area contributed by atoms with Gasteiger partial charge in [-0.15, -0.1) is 0 Å². The van der Waals surface area contributed by atoms with E-state index < -0.39 is 0 Å². The molecular weight excluding hydrogens is 292 g/mol. The van der Waals surface area contributed by atoms with Crippen LogP contribution in [-0.2, 0) is 0 Å². The Morgan fingerprint density at radius 3 is 2.57 bits per heavy atom. The van der Waals surface area contributed by atoms with Gasteiger partial charge in [-0.2, -0.15) is 0 Å². The number of hydrogen-bond acceptors (Lipinski definition) is 4. The van der Waals surface area contributed by atoms with Crippen molar-refractivity contribution in [3.8, 4) is 11.5 Å². The van der Waals surface area contributed by atoms with Crippen molar-refractivity contribution < 1.29 is 14.3 Å². The van der Waals surface area contributed by atoms with Crippen LogP contribution < -0.4 is 9.47 Å². The first-order valence-corrected chi connectivity index (χ1v) is 7.34. The van der Waals surface area contributed by atoms with E-state index in [9.17, 15) is 4.79 Å². The molecule has 0 radical (unpaired) electrons. The van der Waals surface area contributed by atoms with E-state index in [-0.39, 0.29) is 5.91 Å². The number of carbonyl (C=O) groups excluding carboxylic acids is 1. The molecule has 6 heteroatoms. The Labute approximate surface area is 130 Å². The van der Waals surface area contributed by atoms with Gasteiger partial charge in [-0.05, 0) is 32.1 Å². The standard InChI is InChI=1S/C15H21ClN2O3/c1-17-5-4-6-18(8-7-17)15(19)11-9-12(16)14(21-3)13(10-11)20-2/h9-10H,4-8H2,1-3H3. The van der Waals surface area contributed by atoms with E-state index in [0.717, 1.165) is 32.6 Å². The fraction of sp³-hybridized carbons (Fsp3) is 0.533. The quantitative estimate of drug-likeness (QED) is 0.857. The molecule has 0 unspecified atom stereocenters. The van der Waals surface area contributed by atoms with Crippen LogP contribution in [0.25, 0.3) is 0 Å². The summed E-state index contributed by atoms with van der Waals surface area (Å²) >= 11 is 6.17. The van der Waals surface area contributed by atoms with Crippen molar-refractivity contribution in [2.45, 2.75) is 6.42 Å². The minimum atomic E-state index is -0.0202. The summed E-state index contributed by atoms with van der Waals surface area (Å²) in [5.41, 5.74) is 0.530. The van der Waals surface area contributed by atoms with Gasteiger partial charge in [0.1, 0.15) is 0 Å². The van der Waals surface area contributed by atoms with Crippen LogP contribution in [0, 0.1) is 0 Å². The highest BCUT2D eigenvalue weighted by Gasteiger charge is 2.21. The number of nitrogens with zero attached hydrogens (tertiary/aromatic N) is 2. The monoisotopic (exact) mass is 312 g/mol. The number of halogens is 1. The SMILES string of the molecule is COc1cc(C(=O)N2CCCN(C)CC2)cc(Cl)c1OC. The van der Waals surface area contributed by atoms with Crippen LogP contribution in [0.2, 0.25) is 5.02 Å². The largest absolute Gasteiger partial charge is 0.493 e. The van der Waals surface area contributed by atoms with E-state index in [1.54, 1.807) is 12.1 Å². The highest BCUT2D eigenvalue weighted by atomic mass is 35.5. The minimum absolute atomic E-state index is 0.0202. The van der Waals surface area contributed by atoms with Gasteiger partial charge in [-0.3, -0.25) is 4.79 Å². The Morgan fingerprint density at radius 1 is 1.14 bits per heavy atom. The predicted molar refractivity (Wildman–Crippen MR) is 82.6 cm³/mol. The molecule has 1 aromatic carbocycles. The summed E-state index contributed by atoms with van der Waals surface area (Å²) in [6.07, 6.45) is 0.975. The molecule has 0 atom stereocenters. The zero-order valence-corrected chi connectivity index (χ0v) is 13.4. The Bertz CT molecular complexity index is 522.